The lowest BCUT2D eigenvalue weighted by molar-refractivity contribution is -0.239. The van der Waals surface area contributed by atoms with E-state index in [0.29, 0.717) is 16.1 Å². The number of hydrogen-bond donors (Lipinski definition) is 0. The summed E-state index contributed by atoms with van der Waals surface area (Å²) in [6.07, 6.45) is -4.27. The topological polar surface area (TPSA) is 106 Å². The van der Waals surface area contributed by atoms with E-state index < -0.39 is 42.4 Å². The van der Waals surface area contributed by atoms with Crippen LogP contribution < -0.4 is 0 Å². The number of hydrogen-bond acceptors (Lipinski definition) is 8. The van der Waals surface area contributed by atoms with Gasteiger partial charge in [0.2, 0.25) is 5.28 Å². The lowest BCUT2D eigenvalue weighted by atomic mass is 10.0. The molecule has 1 aliphatic heterocycles. The van der Waals surface area contributed by atoms with Gasteiger partial charge in [0.25, 0.3) is 0 Å². The van der Waals surface area contributed by atoms with Crippen LogP contribution in [0.2, 0.25) is 10.3 Å². The standard InChI is InChI=1S/C18H18Cl2N2O7/c1-8(23)27-13-7-26-17(16(29-10(3)25)15(13)28-9(2)24)22-12-6-4-5-11(19)14(12)21-18(22)20/h4-6,13,15-17H,7H2,1-3H3/t13-,15+,16-,17+/m0/s1. The number of imidazole rings is 1. The van der Waals surface area contributed by atoms with Crippen LogP contribution in [0.5, 0.6) is 0 Å². The van der Waals surface area contributed by atoms with Crippen molar-refractivity contribution < 1.29 is 33.3 Å². The summed E-state index contributed by atoms with van der Waals surface area (Å²) in [5, 5.41) is 0.403. The zero-order valence-electron chi connectivity index (χ0n) is 15.8. The summed E-state index contributed by atoms with van der Waals surface area (Å²) in [7, 11) is 0. The number of nitrogens with zero attached hydrogens (tertiary/aromatic N) is 2. The van der Waals surface area contributed by atoms with Gasteiger partial charge < -0.3 is 18.9 Å². The van der Waals surface area contributed by atoms with E-state index in [1.807, 2.05) is 0 Å². The second-order valence-electron chi connectivity index (χ2n) is 6.38. The molecule has 0 N–H and O–H groups in total. The number of benzene rings is 1. The van der Waals surface area contributed by atoms with Gasteiger partial charge in [-0.2, -0.15) is 0 Å². The smallest absolute Gasteiger partial charge is 0.303 e. The molecule has 11 heteroatoms. The Balaban J connectivity index is 2.09. The predicted molar refractivity (Wildman–Crippen MR) is 101 cm³/mol. The first-order valence-corrected chi connectivity index (χ1v) is 9.40. The minimum atomic E-state index is -1.16. The number of ether oxygens (including phenoxy) is 4. The number of esters is 3. The molecule has 2 heterocycles. The fourth-order valence-corrected chi connectivity index (χ4v) is 3.72. The fraction of sp³-hybridized carbons (Fsp3) is 0.444. The van der Waals surface area contributed by atoms with Gasteiger partial charge in [-0.15, -0.1) is 0 Å². The van der Waals surface area contributed by atoms with Crippen LogP contribution >= 0.6 is 23.2 Å². The first-order chi connectivity index (χ1) is 13.7. The van der Waals surface area contributed by atoms with E-state index >= 15 is 0 Å². The van der Waals surface area contributed by atoms with Crippen molar-refractivity contribution >= 4 is 52.1 Å². The normalized spacial score (nSPS) is 24.2. The van der Waals surface area contributed by atoms with E-state index in [2.05, 4.69) is 4.98 Å². The molecule has 0 unspecified atom stereocenters. The lowest BCUT2D eigenvalue weighted by Gasteiger charge is -2.41. The molecular weight excluding hydrogens is 427 g/mol. The van der Waals surface area contributed by atoms with Crippen LogP contribution in [0.25, 0.3) is 11.0 Å². The molecular formula is C18H18Cl2N2O7. The van der Waals surface area contributed by atoms with Gasteiger partial charge in [0, 0.05) is 20.8 Å². The molecule has 1 aromatic heterocycles. The van der Waals surface area contributed by atoms with Crippen LogP contribution in [-0.2, 0) is 33.3 Å². The van der Waals surface area contributed by atoms with Crippen LogP contribution in [0.15, 0.2) is 18.2 Å². The number of carbonyl (C=O) groups excluding carboxylic acids is 3. The van der Waals surface area contributed by atoms with Gasteiger partial charge in [0.05, 0.1) is 17.1 Å². The summed E-state index contributed by atoms with van der Waals surface area (Å²) in [6.45, 7) is 3.47. The van der Waals surface area contributed by atoms with Crippen molar-refractivity contribution in [2.45, 2.75) is 45.3 Å². The lowest BCUT2D eigenvalue weighted by Crippen LogP contribution is -2.55. The van der Waals surface area contributed by atoms with E-state index in [1.54, 1.807) is 18.2 Å². The summed E-state index contributed by atoms with van der Waals surface area (Å²) >= 11 is 12.5. The second kappa shape index (κ2) is 8.56. The molecule has 0 bridgehead atoms. The summed E-state index contributed by atoms with van der Waals surface area (Å²) in [5.41, 5.74) is 0.952. The average Bonchev–Trinajstić information content (AvgIpc) is 2.94. The Bertz CT molecular complexity index is 961. The number of fused-ring (bicyclic) bond motifs is 1. The summed E-state index contributed by atoms with van der Waals surface area (Å²) < 4.78 is 23.3. The monoisotopic (exact) mass is 444 g/mol. The molecule has 0 saturated carbocycles. The molecule has 1 saturated heterocycles. The number of halogens is 2. The molecule has 156 valence electrons. The Hall–Kier alpha value is -2.36. The Labute approximate surface area is 175 Å². The minimum Gasteiger partial charge on any atom is -0.456 e. The SMILES string of the molecule is CC(=O)O[C@H]1[C@H](OC(C)=O)[C@H](n2c(Cl)nc3c(Cl)cccc32)OC[C@@H]1OC(C)=O. The predicted octanol–water partition coefficient (Wildman–Crippen LogP) is 2.67. The van der Waals surface area contributed by atoms with Gasteiger partial charge in [-0.3, -0.25) is 19.0 Å². The van der Waals surface area contributed by atoms with E-state index in [0.717, 1.165) is 0 Å². The number of carbonyl (C=O) groups is 3. The third-order valence-corrected chi connectivity index (χ3v) is 4.78. The van der Waals surface area contributed by atoms with Crippen molar-refractivity contribution in [3.63, 3.8) is 0 Å². The van der Waals surface area contributed by atoms with E-state index in [-0.39, 0.29) is 11.9 Å². The molecule has 1 fully saturated rings. The van der Waals surface area contributed by atoms with Crippen LogP contribution in [0.3, 0.4) is 0 Å². The Morgan fingerprint density at radius 1 is 1.03 bits per heavy atom. The van der Waals surface area contributed by atoms with Gasteiger partial charge in [-0.05, 0) is 23.7 Å². The Morgan fingerprint density at radius 2 is 1.66 bits per heavy atom. The molecule has 1 aromatic carbocycles. The van der Waals surface area contributed by atoms with Crippen molar-refractivity contribution in [2.24, 2.45) is 0 Å². The molecule has 4 atom stereocenters. The van der Waals surface area contributed by atoms with Crippen molar-refractivity contribution in [1.82, 2.24) is 9.55 Å². The quantitative estimate of drug-likeness (QED) is 0.523. The zero-order chi connectivity index (χ0) is 21.3. The summed E-state index contributed by atoms with van der Waals surface area (Å²) in [4.78, 5) is 39.2. The maximum atomic E-state index is 11.8. The van der Waals surface area contributed by atoms with Crippen molar-refractivity contribution in [2.75, 3.05) is 6.61 Å². The van der Waals surface area contributed by atoms with Crippen LogP contribution in [0, 0.1) is 0 Å². The maximum Gasteiger partial charge on any atom is 0.303 e. The summed E-state index contributed by atoms with van der Waals surface area (Å²) in [5.74, 6) is -1.90. The van der Waals surface area contributed by atoms with Crippen molar-refractivity contribution in [3.8, 4) is 0 Å². The molecule has 0 radical (unpaired) electrons. The van der Waals surface area contributed by atoms with Crippen molar-refractivity contribution in [1.29, 1.82) is 0 Å². The van der Waals surface area contributed by atoms with Gasteiger partial charge >= 0.3 is 17.9 Å². The first-order valence-electron chi connectivity index (χ1n) is 8.64. The van der Waals surface area contributed by atoms with Crippen molar-refractivity contribution in [3.05, 3.63) is 28.5 Å². The maximum absolute atomic E-state index is 11.8. The zero-order valence-corrected chi connectivity index (χ0v) is 17.3. The number of aromatic nitrogens is 2. The van der Waals surface area contributed by atoms with Gasteiger partial charge in [-0.1, -0.05) is 17.7 Å². The molecule has 29 heavy (non-hydrogen) atoms. The summed E-state index contributed by atoms with van der Waals surface area (Å²) in [6, 6.07) is 5.07. The molecule has 9 nitrogen and oxygen atoms in total. The highest BCUT2D eigenvalue weighted by molar-refractivity contribution is 6.35. The number of rotatable bonds is 4. The molecule has 3 rings (SSSR count). The highest BCUT2D eigenvalue weighted by atomic mass is 35.5. The third-order valence-electron chi connectivity index (χ3n) is 4.21. The van der Waals surface area contributed by atoms with E-state index in [1.165, 1.54) is 25.3 Å². The molecule has 2 aromatic rings. The van der Waals surface area contributed by atoms with Gasteiger partial charge in [0.15, 0.2) is 24.5 Å². The average molecular weight is 445 g/mol. The fourth-order valence-electron chi connectivity index (χ4n) is 3.24. The van der Waals surface area contributed by atoms with E-state index in [4.69, 9.17) is 42.1 Å². The third kappa shape index (κ3) is 4.47. The molecule has 0 amide bonds. The molecule has 1 aliphatic rings. The second-order valence-corrected chi connectivity index (χ2v) is 7.12. The van der Waals surface area contributed by atoms with Crippen LogP contribution in [-0.4, -0.2) is 52.4 Å². The number of para-hydroxylation sites is 1. The molecule has 0 aliphatic carbocycles. The van der Waals surface area contributed by atoms with E-state index in [9.17, 15) is 14.4 Å². The van der Waals surface area contributed by atoms with Gasteiger partial charge in [0.1, 0.15) is 5.52 Å². The van der Waals surface area contributed by atoms with Crippen LogP contribution in [0.1, 0.15) is 27.0 Å². The Morgan fingerprint density at radius 3 is 2.28 bits per heavy atom. The minimum absolute atomic E-state index is 0.0303. The largest absolute Gasteiger partial charge is 0.456 e. The first kappa shape index (κ1) is 21.4. The Kier molecular flexibility index (Phi) is 6.30. The highest BCUT2D eigenvalue weighted by Crippen LogP contribution is 2.36. The van der Waals surface area contributed by atoms with Gasteiger partial charge in [-0.25, -0.2) is 4.98 Å². The van der Waals surface area contributed by atoms with Crippen LogP contribution in [0.4, 0.5) is 0 Å². The highest BCUT2D eigenvalue weighted by Gasteiger charge is 2.48. The molecule has 0 spiro atoms.